The summed E-state index contributed by atoms with van der Waals surface area (Å²) in [6.07, 6.45) is 1.19. The summed E-state index contributed by atoms with van der Waals surface area (Å²) in [6.45, 7) is 4.16. The fourth-order valence-corrected chi connectivity index (χ4v) is 2.03. The van der Waals surface area contributed by atoms with Gasteiger partial charge in [0.05, 0.1) is 18.2 Å². The van der Waals surface area contributed by atoms with E-state index >= 15 is 0 Å². The summed E-state index contributed by atoms with van der Waals surface area (Å²) in [5.74, 6) is -0.165. The van der Waals surface area contributed by atoms with E-state index in [4.69, 9.17) is 16.5 Å². The first-order chi connectivity index (χ1) is 8.54. The maximum absolute atomic E-state index is 12.2. The van der Waals surface area contributed by atoms with Crippen LogP contribution in [0.2, 0.25) is 0 Å². The molecule has 18 heavy (non-hydrogen) atoms. The molecule has 0 spiro atoms. The maximum Gasteiger partial charge on any atom is 0.240 e. The van der Waals surface area contributed by atoms with E-state index in [2.05, 4.69) is 16.1 Å². The largest absolute Gasteiger partial charge is 0.325 e. The third-order valence-electron chi connectivity index (χ3n) is 3.47. The minimum Gasteiger partial charge on any atom is -0.325 e. The number of nitrogens with two attached hydrogens (primary N) is 1. The van der Waals surface area contributed by atoms with E-state index in [1.165, 1.54) is 4.90 Å². The van der Waals surface area contributed by atoms with Gasteiger partial charge in [-0.1, -0.05) is 25.4 Å². The van der Waals surface area contributed by atoms with E-state index in [1.807, 2.05) is 13.8 Å². The standard InChI is InChI=1S/C11H18N6O/c1-3-7(2)10(13)11(18)17-6-8(15-16-14)4-9(17)5-12/h7-10H,3-4,6,13H2,1-2H3/t7-,8?,9+,10+/m1/s1. The van der Waals surface area contributed by atoms with E-state index in [1.54, 1.807) is 0 Å². The van der Waals surface area contributed by atoms with Crippen molar-refractivity contribution in [2.45, 2.75) is 44.8 Å². The quantitative estimate of drug-likeness (QED) is 0.458. The van der Waals surface area contributed by atoms with Gasteiger partial charge in [-0.25, -0.2) is 0 Å². The number of likely N-dealkylation sites (tertiary alicyclic amines) is 1. The molecule has 0 aromatic heterocycles. The van der Waals surface area contributed by atoms with Crippen molar-refractivity contribution < 1.29 is 4.79 Å². The number of nitriles is 1. The minimum atomic E-state index is -0.601. The number of carbonyl (C=O) groups is 1. The van der Waals surface area contributed by atoms with Crippen molar-refractivity contribution in [3.8, 4) is 6.07 Å². The Hall–Kier alpha value is -1.77. The molecule has 1 fully saturated rings. The molecule has 0 bridgehead atoms. The lowest BCUT2D eigenvalue weighted by molar-refractivity contribution is -0.133. The number of hydrogen-bond donors (Lipinski definition) is 1. The van der Waals surface area contributed by atoms with Crippen LogP contribution in [0.1, 0.15) is 26.7 Å². The Morgan fingerprint density at radius 3 is 2.94 bits per heavy atom. The van der Waals surface area contributed by atoms with Gasteiger partial charge in [-0.15, -0.1) is 0 Å². The molecule has 0 radical (unpaired) electrons. The molecule has 0 saturated carbocycles. The zero-order valence-electron chi connectivity index (χ0n) is 10.7. The smallest absolute Gasteiger partial charge is 0.240 e. The van der Waals surface area contributed by atoms with Gasteiger partial charge in [-0.2, -0.15) is 5.26 Å². The van der Waals surface area contributed by atoms with E-state index in [-0.39, 0.29) is 24.4 Å². The van der Waals surface area contributed by atoms with Crippen molar-refractivity contribution in [2.24, 2.45) is 16.8 Å². The molecule has 0 aromatic rings. The van der Waals surface area contributed by atoms with Crippen molar-refractivity contribution >= 4 is 5.91 Å². The SMILES string of the molecule is CC[C@@H](C)[C@H](N)C(=O)N1CC(N=[N+]=[N-])C[C@H]1C#N. The van der Waals surface area contributed by atoms with E-state index in [9.17, 15) is 4.79 Å². The first-order valence-electron chi connectivity index (χ1n) is 6.05. The molecule has 1 heterocycles. The Labute approximate surface area is 106 Å². The second-order valence-corrected chi connectivity index (χ2v) is 4.64. The van der Waals surface area contributed by atoms with Crippen LogP contribution in [0.3, 0.4) is 0 Å². The summed E-state index contributed by atoms with van der Waals surface area (Å²) in [6, 6.07) is 0.595. The molecule has 1 unspecified atom stereocenters. The number of amides is 1. The van der Waals surface area contributed by atoms with Crippen LogP contribution in [0.5, 0.6) is 0 Å². The Morgan fingerprint density at radius 1 is 1.78 bits per heavy atom. The highest BCUT2D eigenvalue weighted by molar-refractivity contribution is 5.83. The predicted octanol–water partition coefficient (Wildman–Crippen LogP) is 1.16. The second-order valence-electron chi connectivity index (χ2n) is 4.64. The number of hydrogen-bond acceptors (Lipinski definition) is 4. The Balaban J connectivity index is 2.78. The van der Waals surface area contributed by atoms with Crippen LogP contribution in [0.15, 0.2) is 5.11 Å². The lowest BCUT2D eigenvalue weighted by Gasteiger charge is -2.26. The average Bonchev–Trinajstić information content (AvgIpc) is 2.79. The molecule has 1 saturated heterocycles. The highest BCUT2D eigenvalue weighted by Gasteiger charge is 2.37. The molecule has 1 aliphatic rings. The zero-order valence-corrected chi connectivity index (χ0v) is 10.7. The van der Waals surface area contributed by atoms with Crippen molar-refractivity contribution in [3.05, 3.63) is 10.4 Å². The molecule has 1 aliphatic heterocycles. The summed E-state index contributed by atoms with van der Waals surface area (Å²) in [4.78, 5) is 16.3. The molecule has 2 N–H and O–H groups in total. The fraction of sp³-hybridized carbons (Fsp3) is 0.818. The topological polar surface area (TPSA) is 119 Å². The molecule has 4 atom stereocenters. The first-order valence-corrected chi connectivity index (χ1v) is 6.05. The zero-order chi connectivity index (χ0) is 13.7. The van der Waals surface area contributed by atoms with E-state index in [0.29, 0.717) is 6.42 Å². The number of rotatable bonds is 4. The van der Waals surface area contributed by atoms with Gasteiger partial charge < -0.3 is 10.6 Å². The number of carbonyl (C=O) groups excluding carboxylic acids is 1. The molecule has 7 nitrogen and oxygen atoms in total. The van der Waals surface area contributed by atoms with Gasteiger partial charge in [0.1, 0.15) is 6.04 Å². The van der Waals surface area contributed by atoms with Gasteiger partial charge in [-0.3, -0.25) is 4.79 Å². The molecule has 7 heteroatoms. The van der Waals surface area contributed by atoms with Crippen LogP contribution < -0.4 is 5.73 Å². The highest BCUT2D eigenvalue weighted by Crippen LogP contribution is 2.22. The Morgan fingerprint density at radius 2 is 2.44 bits per heavy atom. The monoisotopic (exact) mass is 250 g/mol. The second kappa shape index (κ2) is 6.24. The molecule has 0 aliphatic carbocycles. The van der Waals surface area contributed by atoms with Crippen molar-refractivity contribution in [1.29, 1.82) is 5.26 Å². The van der Waals surface area contributed by atoms with E-state index < -0.39 is 12.1 Å². The van der Waals surface area contributed by atoms with Gasteiger partial charge >= 0.3 is 0 Å². The number of nitrogens with zero attached hydrogens (tertiary/aromatic N) is 5. The fourth-order valence-electron chi connectivity index (χ4n) is 2.03. The Kier molecular flexibility index (Phi) is 4.95. The van der Waals surface area contributed by atoms with Gasteiger partial charge in [0.25, 0.3) is 0 Å². The third kappa shape index (κ3) is 2.92. The molecule has 98 valence electrons. The van der Waals surface area contributed by atoms with Gasteiger partial charge in [0.15, 0.2) is 0 Å². The maximum atomic E-state index is 12.2. The molecular formula is C11H18N6O. The minimum absolute atomic E-state index is 0.0651. The summed E-state index contributed by atoms with van der Waals surface area (Å²) in [5.41, 5.74) is 14.3. The van der Waals surface area contributed by atoms with Crippen LogP contribution in [0.25, 0.3) is 10.4 Å². The summed E-state index contributed by atoms with van der Waals surface area (Å²) in [7, 11) is 0. The van der Waals surface area contributed by atoms with Crippen molar-refractivity contribution in [1.82, 2.24) is 4.90 Å². The van der Waals surface area contributed by atoms with Gasteiger partial charge in [0, 0.05) is 11.5 Å². The lowest BCUT2D eigenvalue weighted by atomic mass is 9.99. The van der Waals surface area contributed by atoms with Crippen molar-refractivity contribution in [2.75, 3.05) is 6.54 Å². The average molecular weight is 250 g/mol. The normalized spacial score (nSPS) is 26.0. The van der Waals surface area contributed by atoms with Crippen LogP contribution in [-0.4, -0.2) is 35.5 Å². The molecule has 1 amide bonds. The summed E-state index contributed by atoms with van der Waals surface area (Å²) in [5, 5.41) is 12.6. The lowest BCUT2D eigenvalue weighted by Crippen LogP contribution is -2.48. The molecule has 1 rings (SSSR count). The molecular weight excluding hydrogens is 232 g/mol. The van der Waals surface area contributed by atoms with E-state index in [0.717, 1.165) is 6.42 Å². The third-order valence-corrected chi connectivity index (χ3v) is 3.47. The number of azide groups is 1. The van der Waals surface area contributed by atoms with Crippen LogP contribution >= 0.6 is 0 Å². The highest BCUT2D eigenvalue weighted by atomic mass is 16.2. The summed E-state index contributed by atoms with van der Waals surface area (Å²) >= 11 is 0. The van der Waals surface area contributed by atoms with Crippen LogP contribution in [-0.2, 0) is 4.79 Å². The van der Waals surface area contributed by atoms with Crippen LogP contribution in [0.4, 0.5) is 0 Å². The van der Waals surface area contributed by atoms with Crippen molar-refractivity contribution in [3.63, 3.8) is 0 Å². The van der Waals surface area contributed by atoms with Gasteiger partial charge in [-0.05, 0) is 17.9 Å². The first kappa shape index (κ1) is 14.3. The molecule has 0 aromatic carbocycles. The van der Waals surface area contributed by atoms with Crippen LogP contribution in [0, 0.1) is 17.2 Å². The predicted molar refractivity (Wildman–Crippen MR) is 66.1 cm³/mol. The summed E-state index contributed by atoms with van der Waals surface area (Å²) < 4.78 is 0. The van der Waals surface area contributed by atoms with Gasteiger partial charge in [0.2, 0.25) is 5.91 Å². The Bertz CT molecular complexity index is 397.